The van der Waals surface area contributed by atoms with Crippen LogP contribution < -0.4 is 20.9 Å². The van der Waals surface area contributed by atoms with Crippen molar-refractivity contribution in [3.63, 3.8) is 0 Å². The molecule has 1 saturated heterocycles. The molecule has 0 aliphatic carbocycles. The number of nitrogens with one attached hydrogen (secondary N) is 3. The minimum atomic E-state index is -0.531. The SMILES string of the molecule is CC(=O)Nc1ccc(-c2csc(NC(=O)c3ccc(N4CCNC4=O)c(C)c3)n2)c(F)c1. The molecular formula is C22H20FN5O3S. The minimum absolute atomic E-state index is 0.155. The summed E-state index contributed by atoms with van der Waals surface area (Å²) in [6, 6.07) is 9.29. The molecule has 1 fully saturated rings. The first-order valence-corrected chi connectivity index (χ1v) is 10.7. The van der Waals surface area contributed by atoms with E-state index in [9.17, 15) is 18.8 Å². The molecule has 1 aliphatic heterocycles. The van der Waals surface area contributed by atoms with E-state index in [2.05, 4.69) is 20.9 Å². The molecule has 164 valence electrons. The van der Waals surface area contributed by atoms with Crippen molar-refractivity contribution >= 4 is 45.7 Å². The molecule has 4 rings (SSSR count). The van der Waals surface area contributed by atoms with E-state index in [1.165, 1.54) is 30.4 Å². The van der Waals surface area contributed by atoms with E-state index in [1.54, 1.807) is 34.5 Å². The molecule has 10 heteroatoms. The van der Waals surface area contributed by atoms with Gasteiger partial charge in [0.15, 0.2) is 5.13 Å². The normalized spacial score (nSPS) is 13.1. The van der Waals surface area contributed by atoms with Gasteiger partial charge in [0.1, 0.15) is 5.82 Å². The Morgan fingerprint density at radius 2 is 2.00 bits per heavy atom. The molecule has 0 saturated carbocycles. The largest absolute Gasteiger partial charge is 0.336 e. The Labute approximate surface area is 187 Å². The van der Waals surface area contributed by atoms with Gasteiger partial charge in [-0.3, -0.25) is 19.8 Å². The number of carbonyl (C=O) groups is 3. The van der Waals surface area contributed by atoms with Crippen molar-refractivity contribution in [2.45, 2.75) is 13.8 Å². The molecule has 3 N–H and O–H groups in total. The fourth-order valence-electron chi connectivity index (χ4n) is 3.43. The van der Waals surface area contributed by atoms with Crippen molar-refractivity contribution < 1.29 is 18.8 Å². The van der Waals surface area contributed by atoms with Crippen molar-refractivity contribution in [1.29, 1.82) is 0 Å². The minimum Gasteiger partial charge on any atom is -0.336 e. The van der Waals surface area contributed by atoms with Crippen LogP contribution in [0, 0.1) is 12.7 Å². The second-order valence-corrected chi connectivity index (χ2v) is 8.11. The highest BCUT2D eigenvalue weighted by Crippen LogP contribution is 2.29. The fraction of sp³-hybridized carbons (Fsp3) is 0.182. The zero-order chi connectivity index (χ0) is 22.8. The van der Waals surface area contributed by atoms with E-state index < -0.39 is 5.82 Å². The maximum absolute atomic E-state index is 14.5. The topological polar surface area (TPSA) is 103 Å². The molecule has 1 aromatic heterocycles. The second kappa shape index (κ2) is 8.75. The molecule has 8 nitrogen and oxygen atoms in total. The van der Waals surface area contributed by atoms with Gasteiger partial charge in [-0.1, -0.05) is 0 Å². The third kappa shape index (κ3) is 4.45. The van der Waals surface area contributed by atoms with Crippen LogP contribution in [0.15, 0.2) is 41.8 Å². The predicted molar refractivity (Wildman–Crippen MR) is 122 cm³/mol. The molecule has 0 bridgehead atoms. The standard InChI is InChI=1S/C22H20FN5O3S/c1-12-9-14(3-6-19(12)28-8-7-24-22(28)31)20(30)27-21-26-18(11-32-21)16-5-4-15(10-17(16)23)25-13(2)29/h3-6,9-11H,7-8H2,1-2H3,(H,24,31)(H,25,29)(H,26,27,30). The monoisotopic (exact) mass is 453 g/mol. The van der Waals surface area contributed by atoms with Crippen molar-refractivity contribution in [1.82, 2.24) is 10.3 Å². The lowest BCUT2D eigenvalue weighted by Gasteiger charge is -2.17. The van der Waals surface area contributed by atoms with E-state index in [1.807, 2.05) is 6.92 Å². The number of nitrogens with zero attached hydrogens (tertiary/aromatic N) is 2. The number of carbonyl (C=O) groups excluding carboxylic acids is 3. The number of thiazole rings is 1. The summed E-state index contributed by atoms with van der Waals surface area (Å²) >= 11 is 1.18. The van der Waals surface area contributed by atoms with Crippen LogP contribution >= 0.6 is 11.3 Å². The average molecular weight is 453 g/mol. The summed E-state index contributed by atoms with van der Waals surface area (Å²) in [6.07, 6.45) is 0. The van der Waals surface area contributed by atoms with Gasteiger partial charge in [0.25, 0.3) is 5.91 Å². The highest BCUT2D eigenvalue weighted by molar-refractivity contribution is 7.14. The maximum Gasteiger partial charge on any atom is 0.322 e. The van der Waals surface area contributed by atoms with E-state index in [0.29, 0.717) is 35.2 Å². The zero-order valence-corrected chi connectivity index (χ0v) is 18.2. The van der Waals surface area contributed by atoms with Gasteiger partial charge in [0.05, 0.1) is 5.69 Å². The smallest absolute Gasteiger partial charge is 0.322 e. The number of benzene rings is 2. The summed E-state index contributed by atoms with van der Waals surface area (Å²) in [5.74, 6) is -1.17. The van der Waals surface area contributed by atoms with Gasteiger partial charge in [0, 0.05) is 47.9 Å². The van der Waals surface area contributed by atoms with Crippen LogP contribution in [0.3, 0.4) is 0 Å². The number of amides is 4. The number of aromatic nitrogens is 1. The number of hydrogen-bond acceptors (Lipinski definition) is 5. The number of rotatable bonds is 5. The lowest BCUT2D eigenvalue weighted by Crippen LogP contribution is -2.28. The number of aryl methyl sites for hydroxylation is 1. The van der Waals surface area contributed by atoms with Crippen molar-refractivity contribution in [3.8, 4) is 11.3 Å². The molecule has 4 amide bonds. The van der Waals surface area contributed by atoms with Crippen LogP contribution in [0.4, 0.5) is 25.7 Å². The average Bonchev–Trinajstić information content (AvgIpc) is 3.36. The van der Waals surface area contributed by atoms with Gasteiger partial charge < -0.3 is 10.6 Å². The Hall–Kier alpha value is -3.79. The fourth-order valence-corrected chi connectivity index (χ4v) is 4.13. The van der Waals surface area contributed by atoms with Crippen LogP contribution in [0.2, 0.25) is 0 Å². The van der Waals surface area contributed by atoms with Gasteiger partial charge in [-0.25, -0.2) is 14.2 Å². The molecule has 0 atom stereocenters. The van der Waals surface area contributed by atoms with Crippen molar-refractivity contribution in [3.05, 3.63) is 58.7 Å². The first-order valence-electron chi connectivity index (χ1n) is 9.82. The van der Waals surface area contributed by atoms with Gasteiger partial charge in [0.2, 0.25) is 5.91 Å². The molecule has 3 aromatic rings. The first-order chi connectivity index (χ1) is 15.3. The maximum atomic E-state index is 14.5. The highest BCUT2D eigenvalue weighted by Gasteiger charge is 2.23. The van der Waals surface area contributed by atoms with Crippen molar-refractivity contribution in [2.75, 3.05) is 28.6 Å². The highest BCUT2D eigenvalue weighted by atomic mass is 32.1. The number of halogens is 1. The van der Waals surface area contributed by atoms with Crippen LogP contribution in [0.5, 0.6) is 0 Å². The summed E-state index contributed by atoms with van der Waals surface area (Å²) in [5, 5.41) is 9.98. The molecular weight excluding hydrogens is 433 g/mol. The summed E-state index contributed by atoms with van der Waals surface area (Å²) in [4.78, 5) is 41.6. The molecule has 2 aromatic carbocycles. The molecule has 0 spiro atoms. The van der Waals surface area contributed by atoms with Gasteiger partial charge in [-0.05, 0) is 48.9 Å². The third-order valence-electron chi connectivity index (χ3n) is 4.90. The summed E-state index contributed by atoms with van der Waals surface area (Å²) < 4.78 is 14.5. The van der Waals surface area contributed by atoms with Gasteiger partial charge in [-0.2, -0.15) is 0 Å². The molecule has 1 aliphatic rings. The van der Waals surface area contributed by atoms with E-state index in [-0.39, 0.29) is 23.4 Å². The van der Waals surface area contributed by atoms with E-state index in [4.69, 9.17) is 0 Å². The molecule has 32 heavy (non-hydrogen) atoms. The van der Waals surface area contributed by atoms with Gasteiger partial charge >= 0.3 is 6.03 Å². The predicted octanol–water partition coefficient (Wildman–Crippen LogP) is 4.00. The first kappa shape index (κ1) is 21.4. The van der Waals surface area contributed by atoms with Gasteiger partial charge in [-0.15, -0.1) is 11.3 Å². The van der Waals surface area contributed by atoms with Crippen LogP contribution in [-0.2, 0) is 4.79 Å². The number of hydrogen-bond donors (Lipinski definition) is 3. The Morgan fingerprint density at radius 1 is 1.19 bits per heavy atom. The Bertz CT molecular complexity index is 1230. The Balaban J connectivity index is 1.48. The number of anilines is 3. The zero-order valence-electron chi connectivity index (χ0n) is 17.4. The Kier molecular flexibility index (Phi) is 5.87. The Morgan fingerprint density at radius 3 is 2.66 bits per heavy atom. The van der Waals surface area contributed by atoms with E-state index in [0.717, 1.165) is 11.3 Å². The lowest BCUT2D eigenvalue weighted by atomic mass is 10.1. The summed E-state index contributed by atoms with van der Waals surface area (Å²) in [7, 11) is 0. The van der Waals surface area contributed by atoms with Crippen molar-refractivity contribution in [2.24, 2.45) is 0 Å². The molecule has 0 unspecified atom stereocenters. The third-order valence-corrected chi connectivity index (χ3v) is 5.65. The van der Waals surface area contributed by atoms with Crippen LogP contribution in [-0.4, -0.2) is 35.9 Å². The number of urea groups is 1. The molecule has 2 heterocycles. The quantitative estimate of drug-likeness (QED) is 0.543. The van der Waals surface area contributed by atoms with E-state index >= 15 is 0 Å². The molecule has 0 radical (unpaired) electrons. The summed E-state index contributed by atoms with van der Waals surface area (Å²) in [5.41, 5.74) is 2.98. The summed E-state index contributed by atoms with van der Waals surface area (Å²) in [6.45, 7) is 4.35. The van der Waals surface area contributed by atoms with Crippen LogP contribution in [0.1, 0.15) is 22.8 Å². The lowest BCUT2D eigenvalue weighted by molar-refractivity contribution is -0.114. The van der Waals surface area contributed by atoms with Crippen LogP contribution in [0.25, 0.3) is 11.3 Å². The second-order valence-electron chi connectivity index (χ2n) is 7.25.